The van der Waals surface area contributed by atoms with Crippen LogP contribution in [0.2, 0.25) is 0 Å². The van der Waals surface area contributed by atoms with E-state index in [4.69, 9.17) is 28.7 Å². The molecule has 1 unspecified atom stereocenters. The van der Waals surface area contributed by atoms with Crippen molar-refractivity contribution in [2.24, 2.45) is 0 Å². The smallest absolute Gasteiger partial charge is 0.323 e. The van der Waals surface area contributed by atoms with Crippen LogP contribution in [0.4, 0.5) is 0 Å². The lowest BCUT2D eigenvalue weighted by molar-refractivity contribution is -0.140. The van der Waals surface area contributed by atoms with Gasteiger partial charge in [0.15, 0.2) is 0 Å². The van der Waals surface area contributed by atoms with Gasteiger partial charge in [-0.05, 0) is 42.0 Å². The van der Waals surface area contributed by atoms with Crippen LogP contribution in [0.3, 0.4) is 0 Å². The summed E-state index contributed by atoms with van der Waals surface area (Å²) in [6, 6.07) is -0.800. The number of thioether (sulfide) groups is 1. The molecule has 11 heavy (non-hydrogen) atoms. The molecule has 0 aromatic rings. The Bertz CT molecular complexity index is 134. The van der Waals surface area contributed by atoms with E-state index in [0.29, 0.717) is 10.4 Å². The topological polar surface area (TPSA) is 40.5 Å². The summed E-state index contributed by atoms with van der Waals surface area (Å²) in [5.41, 5.74) is 0. The van der Waals surface area contributed by atoms with Gasteiger partial charge in [-0.2, -0.15) is 11.8 Å². The molecule has 0 saturated carbocycles. The van der Waals surface area contributed by atoms with Crippen LogP contribution in [0.5, 0.6) is 0 Å². The van der Waals surface area contributed by atoms with Crippen LogP contribution in [0.15, 0.2) is 0 Å². The molecule has 0 heterocycles. The Kier molecular flexibility index (Phi) is 6.14. The number of hydrogen-bond donors (Lipinski definition) is 1. The molecule has 0 spiro atoms. The average molecular weight is 218 g/mol. The first-order chi connectivity index (χ1) is 5.09. The van der Waals surface area contributed by atoms with E-state index < -0.39 is 12.0 Å². The predicted molar refractivity (Wildman–Crippen MR) is 48.0 cm³/mol. The molecule has 6 heteroatoms. The molecule has 0 aromatic carbocycles. The first-order valence-corrected chi connectivity index (χ1v) is 4.99. The van der Waals surface area contributed by atoms with Crippen molar-refractivity contribution >= 4 is 41.3 Å². The lowest BCUT2D eigenvalue weighted by Gasteiger charge is -2.13. The molecule has 0 rings (SSSR count). The van der Waals surface area contributed by atoms with Crippen LogP contribution in [0, 0.1) is 0 Å². The van der Waals surface area contributed by atoms with Crippen LogP contribution in [0.1, 0.15) is 6.42 Å². The number of nitrogens with zero attached hydrogens (tertiary/aromatic N) is 1. The lowest BCUT2D eigenvalue weighted by atomic mass is 10.2. The van der Waals surface area contributed by atoms with Gasteiger partial charge in [0.05, 0.1) is 0 Å². The van der Waals surface area contributed by atoms with Crippen molar-refractivity contribution in [1.82, 2.24) is 3.94 Å². The van der Waals surface area contributed by atoms with Crippen LogP contribution >= 0.6 is 35.3 Å². The van der Waals surface area contributed by atoms with Crippen molar-refractivity contribution in [3.05, 3.63) is 0 Å². The molecule has 1 atom stereocenters. The highest BCUT2D eigenvalue weighted by Gasteiger charge is 2.22. The Labute approximate surface area is 79.9 Å². The maximum Gasteiger partial charge on any atom is 0.323 e. The predicted octanol–water partition coefficient (Wildman–Crippen LogP) is 1.80. The fourth-order valence-electron chi connectivity index (χ4n) is 0.534. The Morgan fingerprint density at radius 2 is 2.27 bits per heavy atom. The summed E-state index contributed by atoms with van der Waals surface area (Å²) in [6.07, 6.45) is 2.34. The Balaban J connectivity index is 3.80. The Morgan fingerprint density at radius 3 is 2.55 bits per heavy atom. The summed E-state index contributed by atoms with van der Waals surface area (Å²) >= 11 is 12.1. The summed E-state index contributed by atoms with van der Waals surface area (Å²) < 4.78 is 0.679. The maximum absolute atomic E-state index is 10.4. The van der Waals surface area contributed by atoms with Crippen molar-refractivity contribution in [2.75, 3.05) is 12.0 Å². The molecule has 0 saturated heterocycles. The minimum Gasteiger partial charge on any atom is -0.480 e. The highest BCUT2D eigenvalue weighted by atomic mass is 35.5. The van der Waals surface area contributed by atoms with Crippen molar-refractivity contribution in [1.29, 1.82) is 0 Å². The molecule has 0 bridgehead atoms. The third-order valence-corrected chi connectivity index (χ3v) is 2.23. The van der Waals surface area contributed by atoms with Gasteiger partial charge in [0.1, 0.15) is 6.04 Å². The van der Waals surface area contributed by atoms with Gasteiger partial charge >= 0.3 is 5.97 Å². The van der Waals surface area contributed by atoms with Crippen molar-refractivity contribution in [3.63, 3.8) is 0 Å². The SMILES string of the molecule is CSCCC(C(=O)O)N(Cl)Cl. The van der Waals surface area contributed by atoms with E-state index in [1.165, 1.54) is 0 Å². The number of aliphatic carboxylic acids is 1. The first kappa shape index (κ1) is 11.4. The normalized spacial score (nSPS) is 13.5. The number of carboxylic acids is 1. The fourth-order valence-corrected chi connectivity index (χ4v) is 1.36. The molecule has 0 aliphatic rings. The molecule has 3 nitrogen and oxygen atoms in total. The largest absolute Gasteiger partial charge is 0.480 e. The van der Waals surface area contributed by atoms with Gasteiger partial charge in [0, 0.05) is 0 Å². The van der Waals surface area contributed by atoms with E-state index in [1.807, 2.05) is 6.26 Å². The summed E-state index contributed by atoms with van der Waals surface area (Å²) in [4.78, 5) is 10.4. The number of hydrogen-bond acceptors (Lipinski definition) is 3. The van der Waals surface area contributed by atoms with Crippen LogP contribution < -0.4 is 0 Å². The molecule has 0 aliphatic heterocycles. The van der Waals surface area contributed by atoms with E-state index in [9.17, 15) is 4.79 Å². The molecular weight excluding hydrogens is 209 g/mol. The van der Waals surface area contributed by atoms with Gasteiger partial charge in [-0.15, -0.1) is 3.94 Å². The number of rotatable bonds is 5. The van der Waals surface area contributed by atoms with E-state index in [0.717, 1.165) is 5.75 Å². The van der Waals surface area contributed by atoms with Gasteiger partial charge in [0.2, 0.25) is 0 Å². The summed E-state index contributed by atoms with van der Waals surface area (Å²) in [5.74, 6) is -0.267. The van der Waals surface area contributed by atoms with E-state index >= 15 is 0 Å². The van der Waals surface area contributed by atoms with Gasteiger partial charge in [-0.3, -0.25) is 4.79 Å². The molecule has 66 valence electrons. The van der Waals surface area contributed by atoms with E-state index in [1.54, 1.807) is 11.8 Å². The highest BCUT2D eigenvalue weighted by Crippen LogP contribution is 2.13. The molecular formula is C5H9Cl2NO2S. The average Bonchev–Trinajstić information content (AvgIpc) is 1.87. The second-order valence-corrected chi connectivity index (χ2v) is 3.78. The van der Waals surface area contributed by atoms with Gasteiger partial charge in [0.25, 0.3) is 0 Å². The third-order valence-electron chi connectivity index (χ3n) is 1.12. The third kappa shape index (κ3) is 4.74. The van der Waals surface area contributed by atoms with Gasteiger partial charge in [-0.25, -0.2) is 0 Å². The summed E-state index contributed by atoms with van der Waals surface area (Å²) in [7, 11) is 0. The second-order valence-electron chi connectivity index (χ2n) is 1.89. The zero-order valence-electron chi connectivity index (χ0n) is 5.96. The second kappa shape index (κ2) is 5.94. The molecule has 0 aliphatic carbocycles. The summed E-state index contributed by atoms with van der Waals surface area (Å²) in [5, 5.41) is 8.55. The standard InChI is InChI=1S/C5H9Cl2NO2S/c1-11-3-2-4(5(9)10)8(6)7/h4H,2-3H2,1H3,(H,9,10). The molecule has 0 amide bonds. The molecule has 0 radical (unpaired) electrons. The molecule has 0 aromatic heterocycles. The quantitative estimate of drug-likeness (QED) is 0.714. The van der Waals surface area contributed by atoms with Crippen LogP contribution in [-0.4, -0.2) is 33.1 Å². The van der Waals surface area contributed by atoms with Crippen molar-refractivity contribution < 1.29 is 9.90 Å². The zero-order valence-corrected chi connectivity index (χ0v) is 8.29. The molecule has 1 N–H and O–H groups in total. The first-order valence-electron chi connectivity index (χ1n) is 2.92. The zero-order chi connectivity index (χ0) is 8.85. The van der Waals surface area contributed by atoms with Crippen LogP contribution in [0.25, 0.3) is 0 Å². The number of halogens is 2. The Morgan fingerprint density at radius 1 is 1.73 bits per heavy atom. The summed E-state index contributed by atoms with van der Waals surface area (Å²) in [6.45, 7) is 0. The van der Waals surface area contributed by atoms with E-state index in [-0.39, 0.29) is 0 Å². The minimum atomic E-state index is -0.996. The van der Waals surface area contributed by atoms with Gasteiger partial charge < -0.3 is 5.11 Å². The Hall–Kier alpha value is 0.360. The van der Waals surface area contributed by atoms with E-state index in [2.05, 4.69) is 0 Å². The fraction of sp³-hybridized carbons (Fsp3) is 0.800. The molecule has 0 fully saturated rings. The number of carboxylic acid groups (broad SMARTS) is 1. The lowest BCUT2D eigenvalue weighted by Crippen LogP contribution is -2.29. The van der Waals surface area contributed by atoms with Gasteiger partial charge in [-0.1, -0.05) is 0 Å². The monoisotopic (exact) mass is 217 g/mol. The number of carbonyl (C=O) groups is 1. The van der Waals surface area contributed by atoms with Crippen molar-refractivity contribution in [2.45, 2.75) is 12.5 Å². The minimum absolute atomic E-state index is 0.448. The van der Waals surface area contributed by atoms with Crippen LogP contribution in [-0.2, 0) is 4.79 Å². The van der Waals surface area contributed by atoms with Crippen molar-refractivity contribution in [3.8, 4) is 0 Å². The highest BCUT2D eigenvalue weighted by molar-refractivity contribution is 7.98. The maximum atomic E-state index is 10.4.